The molecule has 2 aromatic rings. The van der Waals surface area contributed by atoms with Crippen LogP contribution in [0.4, 0.5) is 5.69 Å². The predicted molar refractivity (Wildman–Crippen MR) is 78.9 cm³/mol. The predicted octanol–water partition coefficient (Wildman–Crippen LogP) is 2.87. The van der Waals surface area contributed by atoms with Crippen molar-refractivity contribution in [3.8, 4) is 5.69 Å². The molecular weight excluding hydrogens is 252 g/mol. The molecule has 2 rings (SSSR count). The quantitative estimate of drug-likeness (QED) is 0.931. The lowest BCUT2D eigenvalue weighted by Crippen LogP contribution is -2.15. The highest BCUT2D eigenvalue weighted by molar-refractivity contribution is 5.92. The molecule has 106 valence electrons. The number of hydrogen-bond donors (Lipinski definition) is 1. The van der Waals surface area contributed by atoms with Gasteiger partial charge in [0.25, 0.3) is 0 Å². The maximum atomic E-state index is 11.9. The van der Waals surface area contributed by atoms with Crippen LogP contribution in [0.25, 0.3) is 5.69 Å². The zero-order valence-electron chi connectivity index (χ0n) is 12.3. The summed E-state index contributed by atoms with van der Waals surface area (Å²) >= 11 is 0. The Balaban J connectivity index is 2.25. The number of nitrogens with zero attached hydrogens (tertiary/aromatic N) is 3. The van der Waals surface area contributed by atoms with E-state index in [0.29, 0.717) is 12.3 Å². The monoisotopic (exact) mass is 272 g/mol. The fourth-order valence-corrected chi connectivity index (χ4v) is 2.18. The van der Waals surface area contributed by atoms with E-state index < -0.39 is 0 Å². The summed E-state index contributed by atoms with van der Waals surface area (Å²) in [6.45, 7) is 8.06. The molecule has 0 atom stereocenters. The Morgan fingerprint density at radius 1 is 1.20 bits per heavy atom. The molecule has 0 saturated heterocycles. The minimum Gasteiger partial charge on any atom is -0.326 e. The molecule has 20 heavy (non-hydrogen) atoms. The lowest BCUT2D eigenvalue weighted by molar-refractivity contribution is -0.116. The third kappa shape index (κ3) is 3.23. The van der Waals surface area contributed by atoms with Gasteiger partial charge in [-0.05, 0) is 43.0 Å². The number of aromatic nitrogens is 3. The Morgan fingerprint density at radius 2 is 1.75 bits per heavy atom. The molecule has 1 N–H and O–H groups in total. The molecule has 5 nitrogen and oxygen atoms in total. The van der Waals surface area contributed by atoms with Gasteiger partial charge in [-0.2, -0.15) is 0 Å². The number of nitrogens with one attached hydrogen (secondary N) is 1. The van der Waals surface area contributed by atoms with E-state index in [4.69, 9.17) is 0 Å². The maximum absolute atomic E-state index is 11.9. The average molecular weight is 272 g/mol. The first-order chi connectivity index (χ1) is 9.47. The fourth-order valence-electron chi connectivity index (χ4n) is 2.18. The molecule has 1 aromatic carbocycles. The zero-order chi connectivity index (χ0) is 14.7. The number of carbonyl (C=O) groups is 1. The summed E-state index contributed by atoms with van der Waals surface area (Å²) in [6.07, 6.45) is 3.85. The number of aryl methyl sites for hydroxylation is 2. The number of carbonyl (C=O) groups excluding carboxylic acids is 1. The molecular formula is C15H20N4O. The maximum Gasteiger partial charge on any atom is 0.224 e. The lowest BCUT2D eigenvalue weighted by atomic mass is 10.1. The first kappa shape index (κ1) is 14.2. The molecule has 0 unspecified atom stereocenters. The van der Waals surface area contributed by atoms with E-state index in [-0.39, 0.29) is 5.91 Å². The summed E-state index contributed by atoms with van der Waals surface area (Å²) in [5.74, 6) is 0.412. The minimum atomic E-state index is 0.0586. The van der Waals surface area contributed by atoms with Gasteiger partial charge >= 0.3 is 0 Å². The summed E-state index contributed by atoms with van der Waals surface area (Å²) in [4.78, 5) is 11.9. The second-order valence-electron chi connectivity index (χ2n) is 5.47. The lowest BCUT2D eigenvalue weighted by Gasteiger charge is -2.14. The number of amides is 1. The Kier molecular flexibility index (Phi) is 4.17. The molecule has 0 radical (unpaired) electrons. The Hall–Kier alpha value is -2.17. The van der Waals surface area contributed by atoms with Crippen molar-refractivity contribution in [2.24, 2.45) is 5.92 Å². The van der Waals surface area contributed by atoms with E-state index in [2.05, 4.69) is 15.5 Å². The highest BCUT2D eigenvalue weighted by Crippen LogP contribution is 2.24. The smallest absolute Gasteiger partial charge is 0.224 e. The highest BCUT2D eigenvalue weighted by atomic mass is 16.1. The van der Waals surface area contributed by atoms with Crippen molar-refractivity contribution < 1.29 is 4.79 Å². The summed E-state index contributed by atoms with van der Waals surface area (Å²) in [5, 5.41) is 10.6. The first-order valence-corrected chi connectivity index (χ1v) is 6.73. The third-order valence-electron chi connectivity index (χ3n) is 3.09. The molecule has 0 bridgehead atoms. The SMILES string of the molecule is Cc1cc(-n2cnnc2)cc(C)c1NC(=O)CC(C)C. The molecule has 1 heterocycles. The van der Waals surface area contributed by atoms with E-state index in [1.807, 2.05) is 44.4 Å². The van der Waals surface area contributed by atoms with Gasteiger partial charge in [0.05, 0.1) is 0 Å². The van der Waals surface area contributed by atoms with Crippen molar-refractivity contribution in [1.29, 1.82) is 0 Å². The highest BCUT2D eigenvalue weighted by Gasteiger charge is 2.11. The molecule has 0 aliphatic rings. The van der Waals surface area contributed by atoms with Gasteiger partial charge in [-0.15, -0.1) is 10.2 Å². The van der Waals surface area contributed by atoms with Crippen molar-refractivity contribution >= 4 is 11.6 Å². The van der Waals surface area contributed by atoms with E-state index >= 15 is 0 Å². The molecule has 1 aromatic heterocycles. The van der Waals surface area contributed by atoms with Gasteiger partial charge in [0.2, 0.25) is 5.91 Å². The van der Waals surface area contributed by atoms with E-state index in [1.165, 1.54) is 0 Å². The van der Waals surface area contributed by atoms with Crippen LogP contribution in [0, 0.1) is 19.8 Å². The van der Waals surface area contributed by atoms with E-state index in [0.717, 1.165) is 22.5 Å². The van der Waals surface area contributed by atoms with Crippen LogP contribution in [0.5, 0.6) is 0 Å². The second kappa shape index (κ2) is 5.86. The van der Waals surface area contributed by atoms with Gasteiger partial charge in [-0.3, -0.25) is 9.36 Å². The summed E-state index contributed by atoms with van der Waals surface area (Å²) in [5.41, 5.74) is 3.95. The Labute approximate surface area is 119 Å². The van der Waals surface area contributed by atoms with Gasteiger partial charge in [-0.25, -0.2) is 0 Å². The topological polar surface area (TPSA) is 59.8 Å². The molecule has 0 fully saturated rings. The average Bonchev–Trinajstić information content (AvgIpc) is 2.86. The van der Waals surface area contributed by atoms with Crippen LogP contribution in [-0.4, -0.2) is 20.7 Å². The van der Waals surface area contributed by atoms with E-state index in [1.54, 1.807) is 12.7 Å². The van der Waals surface area contributed by atoms with Crippen molar-refractivity contribution in [2.75, 3.05) is 5.32 Å². The molecule has 0 saturated carbocycles. The van der Waals surface area contributed by atoms with Crippen LogP contribution < -0.4 is 5.32 Å². The van der Waals surface area contributed by atoms with Crippen LogP contribution in [0.15, 0.2) is 24.8 Å². The number of rotatable bonds is 4. The standard InChI is InChI=1S/C15H20N4O/c1-10(2)5-14(20)18-15-11(3)6-13(7-12(15)4)19-8-16-17-9-19/h6-10H,5H2,1-4H3,(H,18,20). The van der Waals surface area contributed by atoms with Gasteiger partial charge in [0.15, 0.2) is 0 Å². The molecule has 0 aliphatic carbocycles. The Bertz CT molecular complexity index is 579. The van der Waals surface area contributed by atoms with Crippen molar-refractivity contribution in [1.82, 2.24) is 14.8 Å². The van der Waals surface area contributed by atoms with Gasteiger partial charge in [0, 0.05) is 17.8 Å². The van der Waals surface area contributed by atoms with Gasteiger partial charge in [-0.1, -0.05) is 13.8 Å². The number of benzene rings is 1. The van der Waals surface area contributed by atoms with Gasteiger partial charge in [0.1, 0.15) is 12.7 Å². The van der Waals surface area contributed by atoms with Crippen LogP contribution in [-0.2, 0) is 4.79 Å². The normalized spacial score (nSPS) is 10.8. The molecule has 1 amide bonds. The van der Waals surface area contributed by atoms with Crippen LogP contribution in [0.2, 0.25) is 0 Å². The Morgan fingerprint density at radius 3 is 2.25 bits per heavy atom. The first-order valence-electron chi connectivity index (χ1n) is 6.73. The summed E-state index contributed by atoms with van der Waals surface area (Å²) in [6, 6.07) is 4.03. The molecule has 0 spiro atoms. The van der Waals surface area contributed by atoms with Crippen molar-refractivity contribution in [2.45, 2.75) is 34.1 Å². The zero-order valence-corrected chi connectivity index (χ0v) is 12.3. The van der Waals surface area contributed by atoms with Gasteiger partial charge < -0.3 is 5.32 Å². The number of anilines is 1. The molecule has 0 aliphatic heterocycles. The second-order valence-corrected chi connectivity index (χ2v) is 5.47. The van der Waals surface area contributed by atoms with Crippen molar-refractivity contribution in [3.63, 3.8) is 0 Å². The molecule has 5 heteroatoms. The minimum absolute atomic E-state index is 0.0586. The van der Waals surface area contributed by atoms with Crippen molar-refractivity contribution in [3.05, 3.63) is 35.9 Å². The number of hydrogen-bond acceptors (Lipinski definition) is 3. The van der Waals surface area contributed by atoms with Crippen LogP contribution in [0.1, 0.15) is 31.4 Å². The largest absolute Gasteiger partial charge is 0.326 e. The van der Waals surface area contributed by atoms with E-state index in [9.17, 15) is 4.79 Å². The fraction of sp³-hybridized carbons (Fsp3) is 0.400. The third-order valence-corrected chi connectivity index (χ3v) is 3.09. The summed E-state index contributed by atoms with van der Waals surface area (Å²) in [7, 11) is 0. The summed E-state index contributed by atoms with van der Waals surface area (Å²) < 4.78 is 1.85. The van der Waals surface area contributed by atoms with Crippen LogP contribution in [0.3, 0.4) is 0 Å². The van der Waals surface area contributed by atoms with Crippen LogP contribution >= 0.6 is 0 Å².